The zero-order chi connectivity index (χ0) is 14.3. The summed E-state index contributed by atoms with van der Waals surface area (Å²) in [4.78, 5) is 0. The van der Waals surface area contributed by atoms with Crippen molar-refractivity contribution in [1.82, 2.24) is 0 Å². The molecule has 0 fully saturated rings. The molecule has 0 saturated carbocycles. The Bertz CT molecular complexity index is 782. The molecule has 0 amide bonds. The van der Waals surface area contributed by atoms with Gasteiger partial charge in [0.1, 0.15) is 0 Å². The van der Waals surface area contributed by atoms with Crippen molar-refractivity contribution < 1.29 is 0 Å². The van der Waals surface area contributed by atoms with Crippen LogP contribution in [-0.2, 0) is 0 Å². The Morgan fingerprint density at radius 3 is 2.30 bits per heavy atom. The highest BCUT2D eigenvalue weighted by molar-refractivity contribution is 9.12. The van der Waals surface area contributed by atoms with Crippen LogP contribution in [0, 0.1) is 0 Å². The topological polar surface area (TPSA) is 0 Å². The molecule has 20 heavy (non-hydrogen) atoms. The number of rotatable bonds is 2. The third-order valence-corrected chi connectivity index (χ3v) is 6.44. The molecule has 2 aromatic carbocycles. The summed E-state index contributed by atoms with van der Waals surface area (Å²) in [5.41, 5.74) is 2.20. The van der Waals surface area contributed by atoms with Crippen LogP contribution in [0.4, 0.5) is 0 Å². The second-order valence-electron chi connectivity index (χ2n) is 4.39. The quantitative estimate of drug-likeness (QED) is 0.323. The van der Waals surface area contributed by atoms with Crippen molar-refractivity contribution in [2.75, 3.05) is 0 Å². The van der Waals surface area contributed by atoms with Crippen molar-refractivity contribution in [3.05, 3.63) is 65.6 Å². The van der Waals surface area contributed by atoms with Crippen LogP contribution in [0.25, 0.3) is 10.8 Å². The Morgan fingerprint density at radius 1 is 0.900 bits per heavy atom. The molecule has 0 saturated heterocycles. The van der Waals surface area contributed by atoms with Gasteiger partial charge in [-0.25, -0.2) is 0 Å². The average Bonchev–Trinajstić information content (AvgIpc) is 2.76. The lowest BCUT2D eigenvalue weighted by molar-refractivity contribution is 1.15. The fraction of sp³-hybridized carbons (Fsp3) is 0.0667. The smallest absolute Gasteiger partial charge is 0.0855 e. The number of thiophene rings is 1. The molecule has 5 heteroatoms. The van der Waals surface area contributed by atoms with Crippen LogP contribution in [-0.4, -0.2) is 0 Å². The number of halogens is 4. The predicted octanol–water partition coefficient (Wildman–Crippen LogP) is 7.52. The lowest BCUT2D eigenvalue weighted by Crippen LogP contribution is -1.92. The summed E-state index contributed by atoms with van der Waals surface area (Å²) < 4.78 is 3.24. The number of hydrogen-bond donors (Lipinski definition) is 0. The van der Waals surface area contributed by atoms with Crippen LogP contribution in [0.5, 0.6) is 0 Å². The van der Waals surface area contributed by atoms with Gasteiger partial charge in [-0.3, -0.25) is 0 Å². The number of hydrogen-bond acceptors (Lipinski definition) is 1. The van der Waals surface area contributed by atoms with E-state index in [1.165, 1.54) is 10.8 Å². The zero-order valence-corrected chi connectivity index (χ0v) is 16.4. The van der Waals surface area contributed by atoms with Crippen LogP contribution in [0.1, 0.15) is 16.5 Å². The van der Waals surface area contributed by atoms with Crippen LogP contribution >= 0.6 is 70.7 Å². The van der Waals surface area contributed by atoms with Gasteiger partial charge in [0.15, 0.2) is 0 Å². The minimum atomic E-state index is -0.153. The summed E-state index contributed by atoms with van der Waals surface area (Å²) in [7, 11) is 0. The molecule has 102 valence electrons. The Labute approximate surface area is 151 Å². The van der Waals surface area contributed by atoms with E-state index in [0.717, 1.165) is 23.2 Å². The Hall–Kier alpha value is 0.130. The third-order valence-electron chi connectivity index (χ3n) is 3.08. The molecule has 1 unspecified atom stereocenters. The van der Waals surface area contributed by atoms with Crippen LogP contribution in [0.2, 0.25) is 0 Å². The molecule has 0 spiro atoms. The summed E-state index contributed by atoms with van der Waals surface area (Å²) in [5.74, 6) is 0. The van der Waals surface area contributed by atoms with Crippen molar-refractivity contribution in [1.29, 1.82) is 0 Å². The molecule has 0 aliphatic heterocycles. The molecule has 1 aromatic heterocycles. The number of fused-ring (bicyclic) bond motifs is 1. The summed E-state index contributed by atoms with van der Waals surface area (Å²) in [6.45, 7) is 0. The highest BCUT2D eigenvalue weighted by Gasteiger charge is 2.17. The number of alkyl halides is 1. The molecular formula is C15H8Br3ClS. The monoisotopic (exact) mass is 492 g/mol. The van der Waals surface area contributed by atoms with E-state index in [4.69, 9.17) is 11.6 Å². The first kappa shape index (κ1) is 15.0. The summed E-state index contributed by atoms with van der Waals surface area (Å²) in [6, 6.07) is 14.7. The van der Waals surface area contributed by atoms with Crippen molar-refractivity contribution in [3.63, 3.8) is 0 Å². The van der Waals surface area contributed by atoms with E-state index in [1.807, 2.05) is 6.07 Å². The molecule has 0 N–H and O–H groups in total. The first-order valence-electron chi connectivity index (χ1n) is 5.82. The van der Waals surface area contributed by atoms with Crippen LogP contribution in [0.3, 0.4) is 0 Å². The Morgan fingerprint density at radius 2 is 1.60 bits per heavy atom. The molecule has 0 aliphatic rings. The maximum atomic E-state index is 6.63. The fourth-order valence-corrected chi connectivity index (χ4v) is 5.88. The van der Waals surface area contributed by atoms with Gasteiger partial charge in [0.2, 0.25) is 0 Å². The van der Waals surface area contributed by atoms with E-state index in [2.05, 4.69) is 84.2 Å². The number of benzene rings is 2. The second kappa shape index (κ2) is 6.09. The van der Waals surface area contributed by atoms with E-state index in [1.54, 1.807) is 11.3 Å². The summed E-state index contributed by atoms with van der Waals surface area (Å²) in [5, 5.41) is 2.25. The van der Waals surface area contributed by atoms with Gasteiger partial charge in [0.25, 0.3) is 0 Å². The third kappa shape index (κ3) is 3.00. The molecule has 0 radical (unpaired) electrons. The van der Waals surface area contributed by atoms with Gasteiger partial charge >= 0.3 is 0 Å². The molecule has 0 nitrogen and oxygen atoms in total. The van der Waals surface area contributed by atoms with Crippen molar-refractivity contribution in [2.24, 2.45) is 0 Å². The SMILES string of the molecule is ClC(c1ccc2cc(Br)ccc2c1)c1cc(Br)sc1Br. The zero-order valence-electron chi connectivity index (χ0n) is 10.0. The molecule has 1 heterocycles. The second-order valence-corrected chi connectivity index (χ2v) is 9.49. The van der Waals surface area contributed by atoms with Gasteiger partial charge in [0, 0.05) is 10.0 Å². The maximum Gasteiger partial charge on any atom is 0.0855 e. The first-order chi connectivity index (χ1) is 9.54. The largest absolute Gasteiger partial charge is 0.121 e. The lowest BCUT2D eigenvalue weighted by atomic mass is 10.0. The van der Waals surface area contributed by atoms with Crippen molar-refractivity contribution in [2.45, 2.75) is 5.38 Å². The highest BCUT2D eigenvalue weighted by atomic mass is 79.9. The van der Waals surface area contributed by atoms with Gasteiger partial charge in [-0.1, -0.05) is 34.1 Å². The minimum absolute atomic E-state index is 0.153. The standard InChI is InChI=1S/C15H8Br3ClS/c16-11-4-3-8-5-10(2-1-9(8)6-11)14(19)12-7-13(17)20-15(12)18/h1-7,14H. The first-order valence-corrected chi connectivity index (χ1v) is 9.46. The maximum absolute atomic E-state index is 6.63. The van der Waals surface area contributed by atoms with Gasteiger partial charge in [-0.15, -0.1) is 22.9 Å². The normalized spacial score (nSPS) is 12.8. The van der Waals surface area contributed by atoms with Gasteiger partial charge in [-0.2, -0.15) is 0 Å². The van der Waals surface area contributed by atoms with Gasteiger partial charge < -0.3 is 0 Å². The van der Waals surface area contributed by atoms with E-state index in [0.29, 0.717) is 0 Å². The molecule has 3 aromatic rings. The molecule has 0 bridgehead atoms. The van der Waals surface area contributed by atoms with Gasteiger partial charge in [-0.05, 0) is 72.5 Å². The Balaban J connectivity index is 2.05. The van der Waals surface area contributed by atoms with E-state index >= 15 is 0 Å². The molecular weight excluding hydrogens is 487 g/mol. The van der Waals surface area contributed by atoms with Crippen molar-refractivity contribution in [3.8, 4) is 0 Å². The summed E-state index contributed by atoms with van der Waals surface area (Å²) in [6.07, 6.45) is 0. The summed E-state index contributed by atoms with van der Waals surface area (Å²) >= 11 is 18.8. The highest BCUT2D eigenvalue weighted by Crippen LogP contribution is 2.41. The van der Waals surface area contributed by atoms with Crippen molar-refractivity contribution >= 4 is 81.5 Å². The fourth-order valence-electron chi connectivity index (χ4n) is 2.10. The molecule has 1 atom stereocenters. The van der Waals surface area contributed by atoms with E-state index < -0.39 is 0 Å². The Kier molecular flexibility index (Phi) is 4.58. The van der Waals surface area contributed by atoms with E-state index in [-0.39, 0.29) is 5.38 Å². The van der Waals surface area contributed by atoms with E-state index in [9.17, 15) is 0 Å². The van der Waals surface area contributed by atoms with Gasteiger partial charge in [0.05, 0.1) is 12.9 Å². The van der Waals surface area contributed by atoms with Crippen LogP contribution < -0.4 is 0 Å². The molecule has 0 aliphatic carbocycles. The molecule has 3 rings (SSSR count). The minimum Gasteiger partial charge on any atom is -0.121 e. The lowest BCUT2D eigenvalue weighted by Gasteiger charge is -2.10. The predicted molar refractivity (Wildman–Crippen MR) is 99.1 cm³/mol. The average molecular weight is 495 g/mol. The van der Waals surface area contributed by atoms with Crippen LogP contribution in [0.15, 0.2) is 54.5 Å².